The maximum Gasteiger partial charge on any atom is 0.257 e. The first kappa shape index (κ1) is 17.8. The lowest BCUT2D eigenvalue weighted by atomic mass is 10.1. The van der Waals surface area contributed by atoms with Crippen molar-refractivity contribution in [2.24, 2.45) is 0 Å². The molecule has 6 nitrogen and oxygen atoms in total. The van der Waals surface area contributed by atoms with E-state index in [0.717, 1.165) is 5.56 Å². The number of hydrogen-bond donors (Lipinski definition) is 2. The molecule has 4 rings (SSSR count). The third kappa shape index (κ3) is 4.05. The van der Waals surface area contributed by atoms with Gasteiger partial charge in [-0.2, -0.15) is 11.3 Å². The molecule has 1 aliphatic rings. The van der Waals surface area contributed by atoms with Crippen LogP contribution >= 0.6 is 11.3 Å². The van der Waals surface area contributed by atoms with Crippen molar-refractivity contribution >= 4 is 40.6 Å². The van der Waals surface area contributed by atoms with Crippen LogP contribution in [0.1, 0.15) is 15.9 Å². The zero-order chi connectivity index (χ0) is 19.3. The minimum Gasteiger partial charge on any atom is -0.454 e. The van der Waals surface area contributed by atoms with Crippen molar-refractivity contribution in [2.45, 2.75) is 0 Å². The summed E-state index contributed by atoms with van der Waals surface area (Å²) < 4.78 is 10.6. The van der Waals surface area contributed by atoms with Crippen molar-refractivity contribution in [3.05, 3.63) is 76.5 Å². The van der Waals surface area contributed by atoms with E-state index in [4.69, 9.17) is 9.47 Å². The molecule has 2 aromatic carbocycles. The molecule has 140 valence electrons. The van der Waals surface area contributed by atoms with Crippen LogP contribution in [-0.4, -0.2) is 18.6 Å². The van der Waals surface area contributed by atoms with E-state index in [2.05, 4.69) is 10.6 Å². The second kappa shape index (κ2) is 7.98. The molecule has 1 aromatic heterocycles. The highest BCUT2D eigenvalue weighted by Crippen LogP contribution is 2.34. The van der Waals surface area contributed by atoms with Gasteiger partial charge in [-0.25, -0.2) is 0 Å². The van der Waals surface area contributed by atoms with Crippen LogP contribution < -0.4 is 20.1 Å². The number of para-hydroxylation sites is 1. The third-order valence-electron chi connectivity index (χ3n) is 4.03. The number of nitrogens with one attached hydrogen (secondary N) is 2. The van der Waals surface area contributed by atoms with Crippen molar-refractivity contribution in [1.82, 2.24) is 0 Å². The van der Waals surface area contributed by atoms with Crippen molar-refractivity contribution < 1.29 is 19.1 Å². The lowest BCUT2D eigenvalue weighted by Crippen LogP contribution is -2.17. The molecule has 3 aromatic rings. The molecule has 0 bridgehead atoms. The van der Waals surface area contributed by atoms with Gasteiger partial charge in [-0.3, -0.25) is 9.59 Å². The predicted octanol–water partition coefficient (Wildman–Crippen LogP) is 4.38. The molecular formula is C21H16N2O4S. The van der Waals surface area contributed by atoms with Gasteiger partial charge in [0.15, 0.2) is 11.5 Å². The number of fused-ring (bicyclic) bond motifs is 1. The first-order valence-electron chi connectivity index (χ1n) is 8.50. The summed E-state index contributed by atoms with van der Waals surface area (Å²) >= 11 is 1.56. The quantitative estimate of drug-likeness (QED) is 0.632. The van der Waals surface area contributed by atoms with Gasteiger partial charge in [0.1, 0.15) is 0 Å². The molecule has 0 unspecified atom stereocenters. The Balaban J connectivity index is 1.47. The number of hydrogen-bond acceptors (Lipinski definition) is 5. The van der Waals surface area contributed by atoms with Crippen LogP contribution in [0, 0.1) is 0 Å². The van der Waals surface area contributed by atoms with Gasteiger partial charge >= 0.3 is 0 Å². The van der Waals surface area contributed by atoms with Gasteiger partial charge in [0.05, 0.1) is 11.3 Å². The Labute approximate surface area is 165 Å². The molecule has 7 heteroatoms. The summed E-state index contributed by atoms with van der Waals surface area (Å²) in [6.07, 6.45) is 3.16. The molecule has 0 spiro atoms. The molecule has 0 aliphatic carbocycles. The number of rotatable bonds is 5. The van der Waals surface area contributed by atoms with E-state index in [1.54, 1.807) is 59.9 Å². The van der Waals surface area contributed by atoms with Crippen molar-refractivity contribution in [1.29, 1.82) is 0 Å². The Hall–Kier alpha value is -3.58. The Kier molecular flexibility index (Phi) is 5.07. The topological polar surface area (TPSA) is 76.7 Å². The van der Waals surface area contributed by atoms with Gasteiger partial charge in [-0.05, 0) is 52.7 Å². The maximum absolute atomic E-state index is 12.7. The van der Waals surface area contributed by atoms with E-state index in [0.29, 0.717) is 28.4 Å². The fourth-order valence-corrected chi connectivity index (χ4v) is 3.31. The molecule has 28 heavy (non-hydrogen) atoms. The molecule has 0 fully saturated rings. The van der Waals surface area contributed by atoms with Gasteiger partial charge in [0.25, 0.3) is 5.91 Å². The minimum absolute atomic E-state index is 0.167. The monoisotopic (exact) mass is 392 g/mol. The van der Waals surface area contributed by atoms with Gasteiger partial charge in [-0.1, -0.05) is 12.1 Å². The van der Waals surface area contributed by atoms with E-state index in [9.17, 15) is 9.59 Å². The highest BCUT2D eigenvalue weighted by molar-refractivity contribution is 7.08. The first-order valence-corrected chi connectivity index (χ1v) is 9.44. The van der Waals surface area contributed by atoms with Crippen molar-refractivity contribution in [2.75, 3.05) is 17.4 Å². The number of amides is 2. The number of thiophene rings is 1. The van der Waals surface area contributed by atoms with Crippen LogP contribution in [0.15, 0.2) is 65.4 Å². The Morgan fingerprint density at radius 3 is 2.71 bits per heavy atom. The van der Waals surface area contributed by atoms with E-state index in [1.165, 1.54) is 6.08 Å². The second-order valence-corrected chi connectivity index (χ2v) is 6.73. The van der Waals surface area contributed by atoms with E-state index in [-0.39, 0.29) is 18.6 Å². The predicted molar refractivity (Wildman–Crippen MR) is 109 cm³/mol. The minimum atomic E-state index is -0.337. The SMILES string of the molecule is O=C(/C=C/c1ccsc1)Nc1ccccc1C(=O)Nc1ccc2c(c1)OCO2. The molecule has 0 atom stereocenters. The summed E-state index contributed by atoms with van der Waals surface area (Å²) in [5.74, 6) is 0.576. The highest BCUT2D eigenvalue weighted by Gasteiger charge is 2.16. The number of benzene rings is 2. The van der Waals surface area contributed by atoms with Gasteiger partial charge in [0.2, 0.25) is 12.7 Å². The highest BCUT2D eigenvalue weighted by atomic mass is 32.1. The van der Waals surface area contributed by atoms with E-state index in [1.807, 2.05) is 16.8 Å². The van der Waals surface area contributed by atoms with Crippen LogP contribution in [0.4, 0.5) is 11.4 Å². The van der Waals surface area contributed by atoms with Crippen LogP contribution in [-0.2, 0) is 4.79 Å². The fourth-order valence-electron chi connectivity index (χ4n) is 2.68. The molecule has 1 aliphatic heterocycles. The molecule has 2 N–H and O–H groups in total. The molecule has 0 saturated heterocycles. The fraction of sp³-hybridized carbons (Fsp3) is 0.0476. The maximum atomic E-state index is 12.7. The second-order valence-electron chi connectivity index (χ2n) is 5.95. The number of carbonyl (C=O) groups is 2. The van der Waals surface area contributed by atoms with Gasteiger partial charge < -0.3 is 20.1 Å². The summed E-state index contributed by atoms with van der Waals surface area (Å²) in [4.78, 5) is 24.9. The lowest BCUT2D eigenvalue weighted by molar-refractivity contribution is -0.111. The average molecular weight is 392 g/mol. The summed E-state index contributed by atoms with van der Waals surface area (Å²) in [6.45, 7) is 0.167. The largest absolute Gasteiger partial charge is 0.454 e. The van der Waals surface area contributed by atoms with Crippen molar-refractivity contribution in [3.8, 4) is 11.5 Å². The van der Waals surface area contributed by atoms with E-state index < -0.39 is 0 Å². The zero-order valence-corrected chi connectivity index (χ0v) is 15.5. The molecular weight excluding hydrogens is 376 g/mol. The van der Waals surface area contributed by atoms with Crippen LogP contribution in [0.5, 0.6) is 11.5 Å². The normalized spacial score (nSPS) is 12.1. The summed E-state index contributed by atoms with van der Waals surface area (Å²) in [7, 11) is 0. The molecule has 0 radical (unpaired) electrons. The average Bonchev–Trinajstić information content (AvgIpc) is 3.38. The lowest BCUT2D eigenvalue weighted by Gasteiger charge is -2.11. The Bertz CT molecular complexity index is 1040. The number of ether oxygens (including phenoxy) is 2. The summed E-state index contributed by atoms with van der Waals surface area (Å²) in [5, 5.41) is 9.45. The molecule has 2 amide bonds. The molecule has 2 heterocycles. The summed E-state index contributed by atoms with van der Waals surface area (Å²) in [6, 6.07) is 13.9. The standard InChI is InChI=1S/C21H16N2O4S/c24-20(8-5-14-9-10-28-12-14)23-17-4-2-1-3-16(17)21(25)22-15-6-7-18-19(11-15)27-13-26-18/h1-12H,13H2,(H,22,25)(H,23,24)/b8-5+. The van der Waals surface area contributed by atoms with Gasteiger partial charge in [0, 0.05) is 17.8 Å². The number of carbonyl (C=O) groups excluding carboxylic acids is 2. The zero-order valence-electron chi connectivity index (χ0n) is 14.7. The van der Waals surface area contributed by atoms with Crippen LogP contribution in [0.2, 0.25) is 0 Å². The third-order valence-corrected chi connectivity index (χ3v) is 4.73. The van der Waals surface area contributed by atoms with Crippen LogP contribution in [0.25, 0.3) is 6.08 Å². The summed E-state index contributed by atoms with van der Waals surface area (Å²) in [5.41, 5.74) is 2.32. The number of anilines is 2. The first-order chi connectivity index (χ1) is 13.7. The van der Waals surface area contributed by atoms with Crippen LogP contribution in [0.3, 0.4) is 0 Å². The van der Waals surface area contributed by atoms with E-state index >= 15 is 0 Å². The Morgan fingerprint density at radius 1 is 1.00 bits per heavy atom. The Morgan fingerprint density at radius 2 is 1.86 bits per heavy atom. The van der Waals surface area contributed by atoms with Gasteiger partial charge in [-0.15, -0.1) is 0 Å². The van der Waals surface area contributed by atoms with Crippen molar-refractivity contribution in [3.63, 3.8) is 0 Å². The smallest absolute Gasteiger partial charge is 0.257 e. The molecule has 0 saturated carbocycles.